The highest BCUT2D eigenvalue weighted by Crippen LogP contribution is 2.36. The predicted molar refractivity (Wildman–Crippen MR) is 133 cm³/mol. The number of ether oxygens (including phenoxy) is 3. The zero-order valence-corrected chi connectivity index (χ0v) is 20.8. The SMILES string of the molecule is C=CCOC(=O)N1CC(S)CC1CNC(=O)c1cc(OCC=C)c(OCC=C)c(S(C)(=O)=O)c1. The molecule has 2 atom stereocenters. The second-order valence-electron chi connectivity index (χ2n) is 7.54. The van der Waals surface area contributed by atoms with E-state index in [-0.39, 0.29) is 59.6 Å². The Morgan fingerprint density at radius 1 is 1.15 bits per heavy atom. The van der Waals surface area contributed by atoms with Gasteiger partial charge in [0.2, 0.25) is 0 Å². The minimum Gasteiger partial charge on any atom is -0.486 e. The lowest BCUT2D eigenvalue weighted by molar-refractivity contribution is 0.0911. The Morgan fingerprint density at radius 2 is 1.79 bits per heavy atom. The van der Waals surface area contributed by atoms with E-state index in [1.165, 1.54) is 35.3 Å². The largest absolute Gasteiger partial charge is 0.486 e. The standard InChI is InChI=1S/C23H30N2O7S2/c1-5-8-30-19-11-16(12-20(34(4,28)29)21(19)31-9-6-2)22(26)24-14-17-13-18(33)15-25(17)23(27)32-10-7-3/h5-7,11-12,17-18,33H,1-3,8-10,13-15H2,4H3,(H,24,26). The summed E-state index contributed by atoms with van der Waals surface area (Å²) in [6.07, 6.45) is 5.48. The third-order valence-electron chi connectivity index (χ3n) is 4.83. The zero-order valence-electron chi connectivity index (χ0n) is 19.1. The molecule has 0 aliphatic carbocycles. The van der Waals surface area contributed by atoms with Crippen LogP contribution in [0.15, 0.2) is 55.0 Å². The van der Waals surface area contributed by atoms with Crippen LogP contribution in [0.4, 0.5) is 4.79 Å². The Hall–Kier alpha value is -2.92. The average Bonchev–Trinajstić information content (AvgIpc) is 3.17. The second-order valence-corrected chi connectivity index (χ2v) is 10.3. The van der Waals surface area contributed by atoms with Crippen LogP contribution in [0.3, 0.4) is 0 Å². The van der Waals surface area contributed by atoms with Crippen molar-refractivity contribution < 1.29 is 32.2 Å². The fourth-order valence-electron chi connectivity index (χ4n) is 3.36. The zero-order chi connectivity index (χ0) is 25.3. The van der Waals surface area contributed by atoms with Crippen LogP contribution in [-0.2, 0) is 14.6 Å². The van der Waals surface area contributed by atoms with Gasteiger partial charge >= 0.3 is 6.09 Å². The van der Waals surface area contributed by atoms with E-state index in [1.54, 1.807) is 0 Å². The molecular weight excluding hydrogens is 480 g/mol. The van der Waals surface area contributed by atoms with Crippen LogP contribution >= 0.6 is 12.6 Å². The quantitative estimate of drug-likeness (QED) is 0.328. The molecule has 9 nitrogen and oxygen atoms in total. The normalized spacial score (nSPS) is 17.5. The molecule has 1 aliphatic rings. The Kier molecular flexibility index (Phi) is 10.1. The van der Waals surface area contributed by atoms with Crippen molar-refractivity contribution in [2.24, 2.45) is 0 Å². The first-order chi connectivity index (χ1) is 16.1. The van der Waals surface area contributed by atoms with Crippen molar-refractivity contribution in [3.63, 3.8) is 0 Å². The average molecular weight is 511 g/mol. The first-order valence-corrected chi connectivity index (χ1v) is 12.9. The maximum Gasteiger partial charge on any atom is 0.410 e. The van der Waals surface area contributed by atoms with Crippen LogP contribution in [0.1, 0.15) is 16.8 Å². The molecule has 0 radical (unpaired) electrons. The molecular formula is C23H30N2O7S2. The van der Waals surface area contributed by atoms with Gasteiger partial charge < -0.3 is 24.4 Å². The number of benzene rings is 1. The monoisotopic (exact) mass is 510 g/mol. The molecule has 0 spiro atoms. The highest BCUT2D eigenvalue weighted by molar-refractivity contribution is 7.90. The van der Waals surface area contributed by atoms with Gasteiger partial charge in [0.05, 0.1) is 6.04 Å². The van der Waals surface area contributed by atoms with Gasteiger partial charge in [-0.2, -0.15) is 12.6 Å². The molecule has 1 N–H and O–H groups in total. The number of rotatable bonds is 12. The van der Waals surface area contributed by atoms with Gasteiger partial charge in [-0.1, -0.05) is 38.0 Å². The number of hydrogen-bond acceptors (Lipinski definition) is 8. The highest BCUT2D eigenvalue weighted by Gasteiger charge is 2.35. The van der Waals surface area contributed by atoms with Gasteiger partial charge in [0.25, 0.3) is 5.91 Å². The van der Waals surface area contributed by atoms with E-state index >= 15 is 0 Å². The summed E-state index contributed by atoms with van der Waals surface area (Å²) in [4.78, 5) is 26.6. The van der Waals surface area contributed by atoms with Gasteiger partial charge in [-0.15, -0.1) is 0 Å². The third-order valence-corrected chi connectivity index (χ3v) is 6.31. The second kappa shape index (κ2) is 12.5. The molecule has 186 valence electrons. The van der Waals surface area contributed by atoms with Crippen molar-refractivity contribution in [2.75, 3.05) is 39.2 Å². The molecule has 2 unspecified atom stereocenters. The van der Waals surface area contributed by atoms with Gasteiger partial charge in [-0.3, -0.25) is 4.79 Å². The molecule has 1 fully saturated rings. The minimum absolute atomic E-state index is 0.00866. The van der Waals surface area contributed by atoms with Crippen LogP contribution in [0.2, 0.25) is 0 Å². The van der Waals surface area contributed by atoms with Crippen molar-refractivity contribution in [1.82, 2.24) is 10.2 Å². The molecule has 0 aromatic heterocycles. The molecule has 1 aliphatic heterocycles. The summed E-state index contributed by atoms with van der Waals surface area (Å²) in [6, 6.07) is 2.30. The van der Waals surface area contributed by atoms with Crippen molar-refractivity contribution in [3.8, 4) is 11.5 Å². The van der Waals surface area contributed by atoms with Gasteiger partial charge in [-0.25, -0.2) is 13.2 Å². The van der Waals surface area contributed by atoms with Crippen molar-refractivity contribution in [3.05, 3.63) is 55.7 Å². The Balaban J connectivity index is 2.28. The topological polar surface area (TPSA) is 111 Å². The van der Waals surface area contributed by atoms with E-state index in [2.05, 4.69) is 37.7 Å². The van der Waals surface area contributed by atoms with Crippen LogP contribution in [0.5, 0.6) is 11.5 Å². The molecule has 1 heterocycles. The molecule has 1 aromatic carbocycles. The third kappa shape index (κ3) is 7.29. The smallest absolute Gasteiger partial charge is 0.410 e. The van der Waals surface area contributed by atoms with Crippen LogP contribution < -0.4 is 14.8 Å². The molecule has 2 amide bonds. The molecule has 1 aromatic rings. The van der Waals surface area contributed by atoms with E-state index in [1.807, 2.05) is 0 Å². The number of sulfone groups is 1. The number of hydrogen-bond donors (Lipinski definition) is 2. The fourth-order valence-corrected chi connectivity index (χ4v) is 4.62. The van der Waals surface area contributed by atoms with E-state index in [0.29, 0.717) is 13.0 Å². The van der Waals surface area contributed by atoms with Gasteiger partial charge in [-0.05, 0) is 18.6 Å². The maximum atomic E-state index is 13.0. The van der Waals surface area contributed by atoms with Crippen LogP contribution in [0, 0.1) is 0 Å². The first kappa shape index (κ1) is 27.3. The van der Waals surface area contributed by atoms with E-state index in [0.717, 1.165) is 6.26 Å². The predicted octanol–water partition coefficient (Wildman–Crippen LogP) is 2.64. The van der Waals surface area contributed by atoms with Gasteiger partial charge in [0, 0.05) is 30.2 Å². The Morgan fingerprint density at radius 3 is 2.41 bits per heavy atom. The lowest BCUT2D eigenvalue weighted by Crippen LogP contribution is -2.43. The maximum absolute atomic E-state index is 13.0. The number of carbonyl (C=O) groups excluding carboxylic acids is 2. The van der Waals surface area contributed by atoms with Crippen molar-refractivity contribution in [1.29, 1.82) is 0 Å². The number of likely N-dealkylation sites (tertiary alicyclic amines) is 1. The van der Waals surface area contributed by atoms with Crippen LogP contribution in [-0.4, -0.2) is 75.8 Å². The first-order valence-electron chi connectivity index (χ1n) is 10.5. The number of amides is 2. The molecule has 34 heavy (non-hydrogen) atoms. The summed E-state index contributed by atoms with van der Waals surface area (Å²) >= 11 is 4.45. The highest BCUT2D eigenvalue weighted by atomic mass is 32.2. The summed E-state index contributed by atoms with van der Waals surface area (Å²) in [5, 5.41) is 2.70. The number of nitrogens with zero attached hydrogens (tertiary/aromatic N) is 1. The van der Waals surface area contributed by atoms with Gasteiger partial charge in [0.1, 0.15) is 24.7 Å². The summed E-state index contributed by atoms with van der Waals surface area (Å²) in [5.41, 5.74) is 0.0617. The van der Waals surface area contributed by atoms with Crippen molar-refractivity contribution >= 4 is 34.5 Å². The summed E-state index contributed by atoms with van der Waals surface area (Å²) in [6.45, 7) is 11.4. The lowest BCUT2D eigenvalue weighted by Gasteiger charge is -2.24. The molecule has 0 saturated carbocycles. The number of nitrogens with one attached hydrogen (secondary N) is 1. The van der Waals surface area contributed by atoms with E-state index in [4.69, 9.17) is 14.2 Å². The van der Waals surface area contributed by atoms with Crippen LogP contribution in [0.25, 0.3) is 0 Å². The number of carbonyl (C=O) groups is 2. The molecule has 1 saturated heterocycles. The summed E-state index contributed by atoms with van der Waals surface area (Å²) in [5.74, 6) is -0.461. The van der Waals surface area contributed by atoms with Crippen molar-refractivity contribution in [2.45, 2.75) is 22.6 Å². The van der Waals surface area contributed by atoms with E-state index < -0.39 is 21.8 Å². The Bertz CT molecular complexity index is 1040. The van der Waals surface area contributed by atoms with E-state index in [9.17, 15) is 18.0 Å². The lowest BCUT2D eigenvalue weighted by atomic mass is 10.1. The summed E-state index contributed by atoms with van der Waals surface area (Å²) < 4.78 is 41.1. The fraction of sp³-hybridized carbons (Fsp3) is 0.391. The van der Waals surface area contributed by atoms with Gasteiger partial charge in [0.15, 0.2) is 21.3 Å². The Labute approximate surface area is 205 Å². The minimum atomic E-state index is -3.77. The molecule has 2 rings (SSSR count). The summed E-state index contributed by atoms with van der Waals surface area (Å²) in [7, 11) is -3.77. The molecule has 11 heteroatoms. The molecule has 0 bridgehead atoms. The number of thiol groups is 1.